The molecule has 0 atom stereocenters. The fourth-order valence-corrected chi connectivity index (χ4v) is 3.32. The van der Waals surface area contributed by atoms with Crippen LogP contribution in [0, 0.1) is 0 Å². The zero-order valence-electron chi connectivity index (χ0n) is 14.1. The van der Waals surface area contributed by atoms with Crippen molar-refractivity contribution in [1.82, 2.24) is 0 Å². The smallest absolute Gasteiger partial charge is 0.338 e. The van der Waals surface area contributed by atoms with Gasteiger partial charge in [0.25, 0.3) is 0 Å². The number of carbonyl (C=O) groups excluding carboxylic acids is 1. The number of esters is 1. The summed E-state index contributed by atoms with van der Waals surface area (Å²) in [5.41, 5.74) is 8.11. The van der Waals surface area contributed by atoms with E-state index in [-0.39, 0.29) is 0 Å². The topological polar surface area (TPSA) is 26.3 Å². The summed E-state index contributed by atoms with van der Waals surface area (Å²) in [6, 6.07) is 22.7. The molecular formula is C23H18O2. The van der Waals surface area contributed by atoms with Crippen LogP contribution in [0.3, 0.4) is 0 Å². The molecule has 3 aromatic rings. The standard InChI is InChI=1S/C23H18O2/c1-15(2)23(24)25-18-12-10-16(11-13-18)19-8-5-9-21-20-7-4-3-6-17(20)14-22(19)21/h3-13H,1,14H2,2H3. The quantitative estimate of drug-likeness (QED) is 0.286. The van der Waals surface area contributed by atoms with Crippen LogP contribution in [0.5, 0.6) is 5.75 Å². The van der Waals surface area contributed by atoms with Crippen molar-refractivity contribution < 1.29 is 9.53 Å². The van der Waals surface area contributed by atoms with Crippen LogP contribution in [-0.2, 0) is 11.2 Å². The van der Waals surface area contributed by atoms with Gasteiger partial charge in [-0.3, -0.25) is 0 Å². The number of hydrogen-bond donors (Lipinski definition) is 0. The molecule has 3 aromatic carbocycles. The highest BCUT2D eigenvalue weighted by molar-refractivity contribution is 5.89. The highest BCUT2D eigenvalue weighted by Crippen LogP contribution is 2.41. The Balaban J connectivity index is 1.68. The molecule has 2 heteroatoms. The van der Waals surface area contributed by atoms with Crippen molar-refractivity contribution >= 4 is 5.97 Å². The van der Waals surface area contributed by atoms with Gasteiger partial charge in [0.1, 0.15) is 5.75 Å². The van der Waals surface area contributed by atoms with E-state index < -0.39 is 5.97 Å². The predicted octanol–water partition coefficient (Wildman–Crippen LogP) is 5.41. The van der Waals surface area contributed by atoms with Crippen LogP contribution >= 0.6 is 0 Å². The van der Waals surface area contributed by atoms with Crippen molar-refractivity contribution in [2.75, 3.05) is 0 Å². The van der Waals surface area contributed by atoms with Crippen molar-refractivity contribution in [2.24, 2.45) is 0 Å². The van der Waals surface area contributed by atoms with E-state index in [0.717, 1.165) is 12.0 Å². The second-order valence-corrected chi connectivity index (χ2v) is 6.36. The van der Waals surface area contributed by atoms with Crippen molar-refractivity contribution in [2.45, 2.75) is 13.3 Å². The van der Waals surface area contributed by atoms with Gasteiger partial charge in [-0.25, -0.2) is 4.79 Å². The Hall–Kier alpha value is -3.13. The molecule has 0 fully saturated rings. The third kappa shape index (κ3) is 2.76. The van der Waals surface area contributed by atoms with Crippen LogP contribution in [-0.4, -0.2) is 5.97 Å². The molecule has 2 nitrogen and oxygen atoms in total. The largest absolute Gasteiger partial charge is 0.423 e. The van der Waals surface area contributed by atoms with E-state index in [1.165, 1.54) is 27.8 Å². The molecule has 0 bridgehead atoms. The summed E-state index contributed by atoms with van der Waals surface area (Å²) >= 11 is 0. The van der Waals surface area contributed by atoms with Crippen molar-refractivity contribution in [3.63, 3.8) is 0 Å². The fourth-order valence-electron chi connectivity index (χ4n) is 3.32. The van der Waals surface area contributed by atoms with Gasteiger partial charge in [0.05, 0.1) is 0 Å². The molecule has 0 N–H and O–H groups in total. The van der Waals surface area contributed by atoms with Crippen molar-refractivity contribution in [3.8, 4) is 28.0 Å². The maximum Gasteiger partial charge on any atom is 0.338 e. The first kappa shape index (κ1) is 15.4. The van der Waals surface area contributed by atoms with Crippen molar-refractivity contribution in [3.05, 3.63) is 90.0 Å². The van der Waals surface area contributed by atoms with E-state index >= 15 is 0 Å². The molecule has 0 amide bonds. The Morgan fingerprint density at radius 1 is 0.880 bits per heavy atom. The van der Waals surface area contributed by atoms with E-state index in [2.05, 4.69) is 49.0 Å². The first-order valence-electron chi connectivity index (χ1n) is 8.32. The molecule has 4 rings (SSSR count). The lowest BCUT2D eigenvalue weighted by atomic mass is 9.96. The third-order valence-corrected chi connectivity index (χ3v) is 4.58. The number of benzene rings is 3. The van der Waals surface area contributed by atoms with Gasteiger partial charge < -0.3 is 4.74 Å². The predicted molar refractivity (Wildman–Crippen MR) is 101 cm³/mol. The molecule has 0 unspecified atom stereocenters. The highest BCUT2D eigenvalue weighted by Gasteiger charge is 2.20. The molecule has 0 saturated carbocycles. The summed E-state index contributed by atoms with van der Waals surface area (Å²) in [6.45, 7) is 5.24. The Labute approximate surface area is 147 Å². The number of carbonyl (C=O) groups is 1. The summed E-state index contributed by atoms with van der Waals surface area (Å²) in [5.74, 6) is 0.136. The van der Waals surface area contributed by atoms with Crippen LogP contribution < -0.4 is 4.74 Å². The van der Waals surface area contributed by atoms with Gasteiger partial charge in [0.2, 0.25) is 0 Å². The molecule has 0 radical (unpaired) electrons. The Morgan fingerprint density at radius 3 is 2.32 bits per heavy atom. The zero-order chi connectivity index (χ0) is 17.4. The Bertz CT molecular complexity index is 981. The number of rotatable bonds is 3. The van der Waals surface area contributed by atoms with Crippen LogP contribution in [0.2, 0.25) is 0 Å². The second-order valence-electron chi connectivity index (χ2n) is 6.36. The summed E-state index contributed by atoms with van der Waals surface area (Å²) in [6.07, 6.45) is 0.952. The molecule has 0 heterocycles. The van der Waals surface area contributed by atoms with E-state index in [9.17, 15) is 4.79 Å². The van der Waals surface area contributed by atoms with Gasteiger partial charge in [0.15, 0.2) is 0 Å². The molecule has 122 valence electrons. The average molecular weight is 326 g/mol. The lowest BCUT2D eigenvalue weighted by molar-refractivity contribution is -0.130. The van der Waals surface area contributed by atoms with Gasteiger partial charge in [-0.05, 0) is 58.9 Å². The fraction of sp³-hybridized carbons (Fsp3) is 0.0870. The van der Waals surface area contributed by atoms with Crippen LogP contribution in [0.15, 0.2) is 78.9 Å². The summed E-state index contributed by atoms with van der Waals surface area (Å²) in [4.78, 5) is 11.6. The summed E-state index contributed by atoms with van der Waals surface area (Å²) in [5, 5.41) is 0. The molecule has 1 aliphatic rings. The third-order valence-electron chi connectivity index (χ3n) is 4.58. The van der Waals surface area contributed by atoms with Gasteiger partial charge in [-0.1, -0.05) is 61.2 Å². The van der Waals surface area contributed by atoms with Crippen molar-refractivity contribution in [1.29, 1.82) is 0 Å². The van der Waals surface area contributed by atoms with Gasteiger partial charge >= 0.3 is 5.97 Å². The van der Waals surface area contributed by atoms with Crippen LogP contribution in [0.25, 0.3) is 22.3 Å². The first-order chi connectivity index (χ1) is 12.1. The normalized spacial score (nSPS) is 11.6. The van der Waals surface area contributed by atoms with E-state index in [1.807, 2.05) is 24.3 Å². The molecule has 25 heavy (non-hydrogen) atoms. The number of ether oxygens (including phenoxy) is 1. The average Bonchev–Trinajstić information content (AvgIpc) is 3.01. The van der Waals surface area contributed by atoms with E-state index in [4.69, 9.17) is 4.74 Å². The van der Waals surface area contributed by atoms with E-state index in [0.29, 0.717) is 11.3 Å². The monoisotopic (exact) mass is 326 g/mol. The lowest BCUT2D eigenvalue weighted by Crippen LogP contribution is -2.07. The number of fused-ring (bicyclic) bond motifs is 3. The maximum atomic E-state index is 11.6. The second kappa shape index (κ2) is 6.06. The zero-order valence-corrected chi connectivity index (χ0v) is 14.1. The number of hydrogen-bond acceptors (Lipinski definition) is 2. The minimum absolute atomic E-state index is 0.391. The molecule has 1 aliphatic carbocycles. The lowest BCUT2D eigenvalue weighted by Gasteiger charge is -2.10. The van der Waals surface area contributed by atoms with E-state index in [1.54, 1.807) is 6.92 Å². The molecule has 0 aliphatic heterocycles. The van der Waals surface area contributed by atoms with Crippen LogP contribution in [0.1, 0.15) is 18.1 Å². The summed E-state index contributed by atoms with van der Waals surface area (Å²) < 4.78 is 5.27. The molecule has 0 aromatic heterocycles. The Morgan fingerprint density at radius 2 is 1.56 bits per heavy atom. The highest BCUT2D eigenvalue weighted by atomic mass is 16.5. The minimum Gasteiger partial charge on any atom is -0.423 e. The Kier molecular flexibility index (Phi) is 3.73. The minimum atomic E-state index is -0.399. The van der Waals surface area contributed by atoms with Crippen LogP contribution in [0.4, 0.5) is 0 Å². The first-order valence-corrected chi connectivity index (χ1v) is 8.32. The molecular weight excluding hydrogens is 308 g/mol. The molecule has 0 spiro atoms. The summed E-state index contributed by atoms with van der Waals surface area (Å²) in [7, 11) is 0. The van der Waals surface area contributed by atoms with Gasteiger partial charge in [0, 0.05) is 5.57 Å². The van der Waals surface area contributed by atoms with Gasteiger partial charge in [-0.2, -0.15) is 0 Å². The maximum absolute atomic E-state index is 11.6. The van der Waals surface area contributed by atoms with Gasteiger partial charge in [-0.15, -0.1) is 0 Å². The SMILES string of the molecule is C=C(C)C(=O)Oc1ccc(-c2cccc3c2Cc2ccccc2-3)cc1. The molecule has 0 saturated heterocycles.